The molecule has 0 aromatic heterocycles. The van der Waals surface area contributed by atoms with Gasteiger partial charge in [-0.1, -0.05) is 30.3 Å². The molecule has 1 aliphatic heterocycles. The summed E-state index contributed by atoms with van der Waals surface area (Å²) < 4.78 is 36.8. The van der Waals surface area contributed by atoms with Crippen molar-refractivity contribution in [2.75, 3.05) is 13.1 Å². The van der Waals surface area contributed by atoms with E-state index in [1.165, 1.54) is 0 Å². The lowest BCUT2D eigenvalue weighted by atomic mass is 10.0. The Balaban J connectivity index is 1.87. The van der Waals surface area contributed by atoms with E-state index in [1.54, 1.807) is 5.32 Å². The highest BCUT2D eigenvalue weighted by molar-refractivity contribution is 5.14. The van der Waals surface area contributed by atoms with Crippen LogP contribution in [0, 0.1) is 0 Å². The summed E-state index contributed by atoms with van der Waals surface area (Å²) in [4.78, 5) is 2.07. The van der Waals surface area contributed by atoms with Crippen LogP contribution in [0.15, 0.2) is 30.3 Å². The third-order valence-corrected chi connectivity index (χ3v) is 3.12. The van der Waals surface area contributed by atoms with Gasteiger partial charge in [0.25, 0.3) is 0 Å². The van der Waals surface area contributed by atoms with E-state index in [-0.39, 0.29) is 0 Å². The zero-order valence-electron chi connectivity index (χ0n) is 10.1. The van der Waals surface area contributed by atoms with Crippen molar-refractivity contribution in [1.29, 1.82) is 0 Å². The Bertz CT molecular complexity index is 364. The first-order chi connectivity index (χ1) is 8.53. The number of piperidine rings is 1. The molecule has 18 heavy (non-hydrogen) atoms. The summed E-state index contributed by atoms with van der Waals surface area (Å²) in [6, 6.07) is 9.35. The van der Waals surface area contributed by atoms with Crippen LogP contribution in [0.5, 0.6) is 0 Å². The first-order valence-electron chi connectivity index (χ1n) is 6.14. The van der Waals surface area contributed by atoms with E-state index >= 15 is 0 Å². The monoisotopic (exact) mass is 258 g/mol. The highest BCUT2D eigenvalue weighted by atomic mass is 19.4. The average Bonchev–Trinajstić information content (AvgIpc) is 2.28. The number of hydrogen-bond acceptors (Lipinski definition) is 2. The van der Waals surface area contributed by atoms with Gasteiger partial charge >= 0.3 is 6.30 Å². The van der Waals surface area contributed by atoms with E-state index in [4.69, 9.17) is 0 Å². The van der Waals surface area contributed by atoms with Crippen molar-refractivity contribution in [2.45, 2.75) is 31.7 Å². The summed E-state index contributed by atoms with van der Waals surface area (Å²) in [5, 5.41) is 1.73. The first-order valence-corrected chi connectivity index (χ1v) is 6.14. The van der Waals surface area contributed by atoms with Crippen LogP contribution in [0.4, 0.5) is 13.2 Å². The first kappa shape index (κ1) is 13.4. The molecule has 1 saturated heterocycles. The molecule has 0 spiro atoms. The number of likely N-dealkylation sites (tertiary alicyclic amines) is 1. The minimum atomic E-state index is -4.28. The molecule has 0 amide bonds. The van der Waals surface area contributed by atoms with Gasteiger partial charge in [0.1, 0.15) is 0 Å². The molecule has 0 radical (unpaired) electrons. The topological polar surface area (TPSA) is 15.3 Å². The zero-order chi connectivity index (χ0) is 13.0. The molecule has 0 bridgehead atoms. The Morgan fingerprint density at radius 3 is 2.61 bits per heavy atom. The number of rotatable bonds is 3. The lowest BCUT2D eigenvalue weighted by Crippen LogP contribution is -2.50. The van der Waals surface area contributed by atoms with Crippen LogP contribution >= 0.6 is 0 Å². The van der Waals surface area contributed by atoms with Crippen LogP contribution in [0.25, 0.3) is 0 Å². The third kappa shape index (κ3) is 4.31. The van der Waals surface area contributed by atoms with Crippen LogP contribution in [0.1, 0.15) is 18.4 Å². The zero-order valence-corrected chi connectivity index (χ0v) is 10.1. The van der Waals surface area contributed by atoms with Gasteiger partial charge < -0.3 is 0 Å². The van der Waals surface area contributed by atoms with Gasteiger partial charge in [-0.2, -0.15) is 13.2 Å². The lowest BCUT2D eigenvalue weighted by Gasteiger charge is -2.33. The standard InChI is InChI=1S/C13H17F3N2/c14-13(15,16)17-12-7-4-8-18(10-12)9-11-5-2-1-3-6-11/h1-3,5-6,12,17H,4,7-10H2/t12-/m1/s1. The molecule has 1 fully saturated rings. The fourth-order valence-corrected chi connectivity index (χ4v) is 2.39. The van der Waals surface area contributed by atoms with Gasteiger partial charge in [-0.15, -0.1) is 0 Å². The summed E-state index contributed by atoms with van der Waals surface area (Å²) in [6.45, 7) is 2.04. The summed E-state index contributed by atoms with van der Waals surface area (Å²) in [5.74, 6) is 0. The van der Waals surface area contributed by atoms with E-state index in [1.807, 2.05) is 30.3 Å². The Hall–Kier alpha value is -1.07. The van der Waals surface area contributed by atoms with E-state index in [9.17, 15) is 13.2 Å². The second kappa shape index (κ2) is 5.71. The van der Waals surface area contributed by atoms with Gasteiger partial charge in [0.05, 0.1) is 0 Å². The van der Waals surface area contributed by atoms with Gasteiger partial charge in [0, 0.05) is 19.1 Å². The molecule has 5 heteroatoms. The molecule has 1 aromatic rings. The summed E-state index contributed by atoms with van der Waals surface area (Å²) >= 11 is 0. The Labute approximate surface area is 105 Å². The number of halogens is 3. The van der Waals surface area contributed by atoms with Crippen LogP contribution in [0.2, 0.25) is 0 Å². The molecule has 0 saturated carbocycles. The second-order valence-corrected chi connectivity index (χ2v) is 4.70. The SMILES string of the molecule is FC(F)(F)N[C@@H]1CCCN(Cc2ccccc2)C1. The van der Waals surface area contributed by atoms with Crippen LogP contribution in [-0.2, 0) is 6.54 Å². The maximum Gasteiger partial charge on any atom is 0.457 e. The molecule has 2 nitrogen and oxygen atoms in total. The van der Waals surface area contributed by atoms with Gasteiger partial charge in [-0.05, 0) is 24.9 Å². The highest BCUT2D eigenvalue weighted by Gasteiger charge is 2.32. The van der Waals surface area contributed by atoms with Crippen molar-refractivity contribution >= 4 is 0 Å². The van der Waals surface area contributed by atoms with Crippen LogP contribution in [0.3, 0.4) is 0 Å². The van der Waals surface area contributed by atoms with E-state index in [0.717, 1.165) is 25.1 Å². The molecule has 0 unspecified atom stereocenters. The third-order valence-electron chi connectivity index (χ3n) is 3.12. The predicted octanol–water partition coefficient (Wildman–Crippen LogP) is 2.76. The predicted molar refractivity (Wildman–Crippen MR) is 63.9 cm³/mol. The van der Waals surface area contributed by atoms with Crippen molar-refractivity contribution in [3.63, 3.8) is 0 Å². The molecule has 1 aliphatic rings. The maximum atomic E-state index is 12.3. The molecule has 1 heterocycles. The Morgan fingerprint density at radius 2 is 1.94 bits per heavy atom. The van der Waals surface area contributed by atoms with Crippen molar-refractivity contribution in [1.82, 2.24) is 10.2 Å². The molecule has 100 valence electrons. The summed E-state index contributed by atoms with van der Waals surface area (Å²) in [5.41, 5.74) is 1.14. The summed E-state index contributed by atoms with van der Waals surface area (Å²) in [6.07, 6.45) is -2.88. The van der Waals surface area contributed by atoms with Crippen molar-refractivity contribution < 1.29 is 13.2 Å². The smallest absolute Gasteiger partial charge is 0.298 e. The fourth-order valence-electron chi connectivity index (χ4n) is 2.39. The van der Waals surface area contributed by atoms with Crippen LogP contribution in [-0.4, -0.2) is 30.3 Å². The van der Waals surface area contributed by atoms with Crippen molar-refractivity contribution in [3.8, 4) is 0 Å². The Morgan fingerprint density at radius 1 is 1.22 bits per heavy atom. The Kier molecular flexibility index (Phi) is 4.24. The van der Waals surface area contributed by atoms with Gasteiger partial charge in [0.2, 0.25) is 0 Å². The molecule has 1 atom stereocenters. The number of benzene rings is 1. The molecule has 2 rings (SSSR count). The average molecular weight is 258 g/mol. The number of nitrogens with one attached hydrogen (secondary N) is 1. The number of nitrogens with zero attached hydrogens (tertiary/aromatic N) is 1. The van der Waals surface area contributed by atoms with E-state index < -0.39 is 12.3 Å². The largest absolute Gasteiger partial charge is 0.457 e. The van der Waals surface area contributed by atoms with Gasteiger partial charge in [-0.25, -0.2) is 5.32 Å². The quantitative estimate of drug-likeness (QED) is 0.839. The molecular weight excluding hydrogens is 241 g/mol. The number of hydrogen-bond donors (Lipinski definition) is 1. The molecule has 1 N–H and O–H groups in total. The fraction of sp³-hybridized carbons (Fsp3) is 0.538. The molecular formula is C13H17F3N2. The van der Waals surface area contributed by atoms with Crippen molar-refractivity contribution in [2.24, 2.45) is 0 Å². The van der Waals surface area contributed by atoms with E-state index in [0.29, 0.717) is 13.0 Å². The highest BCUT2D eigenvalue weighted by Crippen LogP contribution is 2.18. The van der Waals surface area contributed by atoms with Gasteiger partial charge in [0.15, 0.2) is 0 Å². The van der Waals surface area contributed by atoms with Crippen LogP contribution < -0.4 is 5.32 Å². The number of alkyl halides is 3. The van der Waals surface area contributed by atoms with Gasteiger partial charge in [-0.3, -0.25) is 4.90 Å². The molecule has 1 aromatic carbocycles. The second-order valence-electron chi connectivity index (χ2n) is 4.70. The maximum absolute atomic E-state index is 12.3. The molecule has 0 aliphatic carbocycles. The summed E-state index contributed by atoms with van der Waals surface area (Å²) in [7, 11) is 0. The minimum absolute atomic E-state index is 0.453. The van der Waals surface area contributed by atoms with E-state index in [2.05, 4.69) is 4.90 Å². The minimum Gasteiger partial charge on any atom is -0.298 e. The lowest BCUT2D eigenvalue weighted by molar-refractivity contribution is -0.167. The normalized spacial score (nSPS) is 22.1. The van der Waals surface area contributed by atoms with Crippen molar-refractivity contribution in [3.05, 3.63) is 35.9 Å².